The second-order valence-corrected chi connectivity index (χ2v) is 16.8. The molecule has 49 heavy (non-hydrogen) atoms. The molecular weight excluding hydrogens is 735 g/mol. The van der Waals surface area contributed by atoms with E-state index in [1.807, 2.05) is 51.3 Å². The standard InChI is InChI=1S/C17H25ClN4O2.C12H22N2O2.C5H4BrClN2/c1-16(2,3)24-15(23)22-11-17(12-22)4-6-21(7-5-17)10-13-8-19-14(18)20-9-13;1-11(2,3)16-10(15)14-8-12(9-14)4-6-13-7-5-12;6-1-4-2-8-5(7)9-3-4/h8-9H,4-7,10-12H2,1-3H3;13H,4-9H2,1-3H3;2-3H,1H2. The zero-order chi connectivity index (χ0) is 35.9. The molecule has 0 unspecified atom stereocenters. The van der Waals surface area contributed by atoms with Crippen molar-refractivity contribution in [3.63, 3.8) is 0 Å². The van der Waals surface area contributed by atoms with Crippen molar-refractivity contribution < 1.29 is 19.1 Å². The Morgan fingerprint density at radius 2 is 1.12 bits per heavy atom. The molecule has 0 atom stereocenters. The molecular formula is C34H51BrCl2N8O4. The first-order chi connectivity index (χ1) is 23.0. The fourth-order valence-electron chi connectivity index (χ4n) is 6.30. The lowest BCUT2D eigenvalue weighted by Crippen LogP contribution is -2.62. The molecule has 15 heteroatoms. The fraction of sp³-hybridized carbons (Fsp3) is 0.706. The van der Waals surface area contributed by atoms with Crippen LogP contribution in [0.2, 0.25) is 10.6 Å². The van der Waals surface area contributed by atoms with Gasteiger partial charge in [0.1, 0.15) is 11.2 Å². The first kappa shape index (κ1) is 39.5. The highest BCUT2D eigenvalue weighted by atomic mass is 79.9. The summed E-state index contributed by atoms with van der Waals surface area (Å²) in [6.45, 7) is 19.9. The first-order valence-electron chi connectivity index (χ1n) is 16.9. The van der Waals surface area contributed by atoms with Crippen LogP contribution < -0.4 is 5.32 Å². The van der Waals surface area contributed by atoms with Crippen LogP contribution in [0.5, 0.6) is 0 Å². The Hall–Kier alpha value is -2.32. The third kappa shape index (κ3) is 12.4. The summed E-state index contributed by atoms with van der Waals surface area (Å²) in [7, 11) is 0. The smallest absolute Gasteiger partial charge is 0.410 e. The number of hydrogen-bond acceptors (Lipinski definition) is 10. The second kappa shape index (κ2) is 16.8. The number of rotatable bonds is 3. The maximum absolute atomic E-state index is 12.1. The van der Waals surface area contributed by atoms with E-state index in [4.69, 9.17) is 32.7 Å². The van der Waals surface area contributed by atoms with Gasteiger partial charge >= 0.3 is 12.2 Å². The maximum Gasteiger partial charge on any atom is 0.410 e. The Kier molecular flexibility index (Phi) is 13.5. The molecule has 0 saturated carbocycles. The Labute approximate surface area is 309 Å². The average Bonchev–Trinajstić information content (AvgIpc) is 3.00. The van der Waals surface area contributed by atoms with E-state index in [1.165, 1.54) is 12.8 Å². The number of halogens is 3. The van der Waals surface area contributed by atoms with Crippen molar-refractivity contribution in [1.29, 1.82) is 0 Å². The van der Waals surface area contributed by atoms with Crippen LogP contribution in [-0.4, -0.2) is 110 Å². The van der Waals surface area contributed by atoms with Gasteiger partial charge in [-0.1, -0.05) is 15.9 Å². The number of aromatic nitrogens is 4. The van der Waals surface area contributed by atoms with Crippen LogP contribution in [0.3, 0.4) is 0 Å². The van der Waals surface area contributed by atoms with Gasteiger partial charge in [0.15, 0.2) is 0 Å². The molecule has 12 nitrogen and oxygen atoms in total. The van der Waals surface area contributed by atoms with Crippen LogP contribution in [-0.2, 0) is 21.3 Å². The number of ether oxygens (including phenoxy) is 2. The van der Waals surface area contributed by atoms with Gasteiger partial charge < -0.3 is 24.6 Å². The number of amides is 2. The minimum Gasteiger partial charge on any atom is -0.444 e. The molecule has 0 aromatic carbocycles. The summed E-state index contributed by atoms with van der Waals surface area (Å²) in [6, 6.07) is 0. The van der Waals surface area contributed by atoms with Gasteiger partial charge in [0.2, 0.25) is 10.6 Å². The molecule has 4 aliphatic rings. The summed E-state index contributed by atoms with van der Waals surface area (Å²) < 4.78 is 10.8. The molecule has 2 spiro atoms. The van der Waals surface area contributed by atoms with Crippen LogP contribution >= 0.6 is 39.1 Å². The van der Waals surface area contributed by atoms with E-state index in [1.54, 1.807) is 24.8 Å². The lowest BCUT2D eigenvalue weighted by molar-refractivity contribution is -0.0601. The zero-order valence-electron chi connectivity index (χ0n) is 29.6. The van der Waals surface area contributed by atoms with Gasteiger partial charge in [0.25, 0.3) is 0 Å². The van der Waals surface area contributed by atoms with Crippen molar-refractivity contribution in [3.8, 4) is 0 Å². The highest BCUT2D eigenvalue weighted by Gasteiger charge is 2.48. The summed E-state index contributed by atoms with van der Waals surface area (Å²) in [5.41, 5.74) is 1.97. The second-order valence-electron chi connectivity index (χ2n) is 15.6. The fourth-order valence-corrected chi connectivity index (χ4v) is 6.78. The lowest BCUT2D eigenvalue weighted by atomic mass is 9.72. The lowest BCUT2D eigenvalue weighted by Gasteiger charge is -2.53. The molecule has 272 valence electrons. The maximum atomic E-state index is 12.1. The average molecular weight is 787 g/mol. The zero-order valence-corrected chi connectivity index (χ0v) is 32.7. The molecule has 2 amide bonds. The number of likely N-dealkylation sites (tertiary alicyclic amines) is 3. The summed E-state index contributed by atoms with van der Waals surface area (Å²) in [6.07, 6.45) is 11.2. The van der Waals surface area contributed by atoms with Crippen LogP contribution in [0, 0.1) is 10.8 Å². The van der Waals surface area contributed by atoms with Crippen molar-refractivity contribution in [2.75, 3.05) is 52.4 Å². The van der Waals surface area contributed by atoms with Crippen molar-refractivity contribution in [3.05, 3.63) is 46.5 Å². The highest BCUT2D eigenvalue weighted by Crippen LogP contribution is 2.41. The Morgan fingerprint density at radius 3 is 1.51 bits per heavy atom. The van der Waals surface area contributed by atoms with Crippen molar-refractivity contribution in [2.24, 2.45) is 10.8 Å². The highest BCUT2D eigenvalue weighted by molar-refractivity contribution is 9.08. The molecule has 4 fully saturated rings. The Bertz CT molecular complexity index is 1360. The quantitative estimate of drug-likeness (QED) is 0.269. The largest absolute Gasteiger partial charge is 0.444 e. The SMILES string of the molecule is CC(C)(C)OC(=O)N1CC2(CCN(Cc3cnc(Cl)nc3)CC2)C1.CC(C)(C)OC(=O)N1CC2(CCNCC2)C1.Clc1ncc(CBr)cn1. The number of nitrogens with zero attached hydrogens (tertiary/aromatic N) is 7. The van der Waals surface area contributed by atoms with Gasteiger partial charge in [-0.25, -0.2) is 29.5 Å². The van der Waals surface area contributed by atoms with Crippen molar-refractivity contribution in [1.82, 2.24) is 40.0 Å². The molecule has 4 aliphatic heterocycles. The number of carbonyl (C=O) groups excluding carboxylic acids is 2. The van der Waals surface area contributed by atoms with Gasteiger partial charge in [-0.3, -0.25) is 4.90 Å². The van der Waals surface area contributed by atoms with E-state index in [-0.39, 0.29) is 28.5 Å². The third-order valence-electron chi connectivity index (χ3n) is 8.90. The van der Waals surface area contributed by atoms with Gasteiger partial charge in [-0.05, 0) is 122 Å². The number of alkyl halides is 1. The molecule has 1 N–H and O–H groups in total. The van der Waals surface area contributed by atoms with Gasteiger partial charge in [-0.15, -0.1) is 0 Å². The summed E-state index contributed by atoms with van der Waals surface area (Å²) in [5.74, 6) is 0. The Morgan fingerprint density at radius 1 is 0.735 bits per heavy atom. The summed E-state index contributed by atoms with van der Waals surface area (Å²) in [4.78, 5) is 45.5. The topological polar surface area (TPSA) is 126 Å². The van der Waals surface area contributed by atoms with Crippen LogP contribution in [0.1, 0.15) is 78.4 Å². The summed E-state index contributed by atoms with van der Waals surface area (Å²) in [5, 5.41) is 4.70. The predicted octanol–water partition coefficient (Wildman–Crippen LogP) is 6.59. The van der Waals surface area contributed by atoms with Crippen molar-refractivity contribution >= 4 is 51.3 Å². The summed E-state index contributed by atoms with van der Waals surface area (Å²) >= 11 is 14.4. The van der Waals surface area contributed by atoms with Crippen LogP contribution in [0.15, 0.2) is 24.8 Å². The molecule has 6 rings (SSSR count). The molecule has 6 heterocycles. The predicted molar refractivity (Wildman–Crippen MR) is 194 cm³/mol. The van der Waals surface area contributed by atoms with Crippen molar-refractivity contribution in [2.45, 2.75) is 90.3 Å². The van der Waals surface area contributed by atoms with Crippen LogP contribution in [0.4, 0.5) is 9.59 Å². The molecule has 2 aromatic rings. The molecule has 2 aromatic heterocycles. The molecule has 0 radical (unpaired) electrons. The van der Waals surface area contributed by atoms with Gasteiger partial charge in [0.05, 0.1) is 0 Å². The van der Waals surface area contributed by atoms with E-state index < -0.39 is 5.60 Å². The number of nitrogens with one attached hydrogen (secondary N) is 1. The molecule has 4 saturated heterocycles. The third-order valence-corrected chi connectivity index (χ3v) is 9.94. The van der Waals surface area contributed by atoms with E-state index in [2.05, 4.69) is 46.1 Å². The van der Waals surface area contributed by atoms with Gasteiger partial charge in [-0.2, -0.15) is 0 Å². The van der Waals surface area contributed by atoms with E-state index >= 15 is 0 Å². The number of piperidine rings is 2. The van der Waals surface area contributed by atoms with Gasteiger partial charge in [0, 0.05) is 79.2 Å². The van der Waals surface area contributed by atoms with E-state index in [9.17, 15) is 9.59 Å². The van der Waals surface area contributed by atoms with E-state index in [0.29, 0.717) is 10.7 Å². The first-order valence-corrected chi connectivity index (χ1v) is 18.7. The number of hydrogen-bond donors (Lipinski definition) is 1. The Balaban J connectivity index is 0.000000185. The molecule has 0 bridgehead atoms. The minimum absolute atomic E-state index is 0.156. The minimum atomic E-state index is -0.427. The van der Waals surface area contributed by atoms with E-state index in [0.717, 1.165) is 88.2 Å². The monoisotopic (exact) mass is 784 g/mol. The normalized spacial score (nSPS) is 19.8. The molecule has 0 aliphatic carbocycles. The van der Waals surface area contributed by atoms with Crippen LogP contribution in [0.25, 0.3) is 0 Å². The number of carbonyl (C=O) groups is 2.